The second-order valence-corrected chi connectivity index (χ2v) is 6.70. The Bertz CT molecular complexity index is 1190. The number of nitrogen functional groups attached to an aromatic ring is 2. The van der Waals surface area contributed by atoms with Crippen LogP contribution in [0, 0.1) is 12.3 Å². The average Bonchev–Trinajstić information content (AvgIpc) is 2.78. The van der Waals surface area contributed by atoms with Gasteiger partial charge in [0.25, 0.3) is 0 Å². The van der Waals surface area contributed by atoms with Crippen LogP contribution in [-0.4, -0.2) is 46.1 Å². The molecular formula is C21H20N6O4. The van der Waals surface area contributed by atoms with Gasteiger partial charge in [0.15, 0.2) is 17.0 Å². The number of rotatable bonds is 6. The van der Waals surface area contributed by atoms with E-state index >= 15 is 0 Å². The molecule has 3 rings (SSSR count). The third-order valence-electron chi connectivity index (χ3n) is 4.82. The number of hydrogen-bond donors (Lipinski definition) is 2. The lowest BCUT2D eigenvalue weighted by molar-refractivity contribution is -0.147. The highest BCUT2D eigenvalue weighted by Gasteiger charge is 2.42. The van der Waals surface area contributed by atoms with Crippen LogP contribution in [0.4, 0.5) is 11.8 Å². The molecular weight excluding hydrogens is 400 g/mol. The van der Waals surface area contributed by atoms with Gasteiger partial charge in [-0.05, 0) is 17.7 Å². The lowest BCUT2D eigenvalue weighted by Crippen LogP contribution is -2.39. The fourth-order valence-corrected chi connectivity index (χ4v) is 3.32. The normalized spacial score (nSPS) is 12.5. The summed E-state index contributed by atoms with van der Waals surface area (Å²) < 4.78 is 9.80. The zero-order chi connectivity index (χ0) is 22.6. The molecule has 1 aromatic carbocycles. The number of hydrogen-bond acceptors (Lipinski definition) is 10. The van der Waals surface area contributed by atoms with Crippen molar-refractivity contribution in [2.45, 2.75) is 18.3 Å². The number of carbonyl (C=O) groups excluding carboxylic acids is 2. The van der Waals surface area contributed by atoms with Gasteiger partial charge in [0.05, 0.1) is 31.7 Å². The molecule has 2 aromatic heterocycles. The van der Waals surface area contributed by atoms with Gasteiger partial charge in [-0.25, -0.2) is 14.8 Å². The third kappa shape index (κ3) is 4.06. The zero-order valence-electron chi connectivity index (χ0n) is 17.0. The van der Waals surface area contributed by atoms with Crippen molar-refractivity contribution in [1.29, 1.82) is 0 Å². The highest BCUT2D eigenvalue weighted by Crippen LogP contribution is 2.34. The number of esters is 2. The number of nitrogens with zero attached hydrogens (tertiary/aromatic N) is 4. The minimum Gasteiger partial charge on any atom is -0.468 e. The Morgan fingerprint density at radius 3 is 2.42 bits per heavy atom. The first-order valence-electron chi connectivity index (χ1n) is 9.10. The molecule has 0 aliphatic heterocycles. The first kappa shape index (κ1) is 21.4. The van der Waals surface area contributed by atoms with Crippen molar-refractivity contribution in [2.75, 3.05) is 25.7 Å². The van der Waals surface area contributed by atoms with E-state index in [2.05, 4.69) is 25.9 Å². The van der Waals surface area contributed by atoms with Crippen LogP contribution in [0.25, 0.3) is 11.2 Å². The van der Waals surface area contributed by atoms with E-state index in [4.69, 9.17) is 27.4 Å². The SMILES string of the molecule is C#CC[C@](Cc1cnc2nc(N)nc(N)c2n1)(C(=O)OC)c1ccc(C(=O)OC)cc1. The smallest absolute Gasteiger partial charge is 0.337 e. The van der Waals surface area contributed by atoms with Gasteiger partial charge in [-0.2, -0.15) is 9.97 Å². The van der Waals surface area contributed by atoms with E-state index in [0.29, 0.717) is 16.8 Å². The lowest BCUT2D eigenvalue weighted by atomic mass is 9.74. The molecule has 10 nitrogen and oxygen atoms in total. The number of methoxy groups -OCH3 is 2. The second kappa shape index (κ2) is 8.62. The molecule has 3 aromatic rings. The molecule has 0 fully saturated rings. The Labute approximate surface area is 178 Å². The Kier molecular flexibility index (Phi) is 5.97. The number of fused-ring (bicyclic) bond motifs is 1. The zero-order valence-corrected chi connectivity index (χ0v) is 17.0. The van der Waals surface area contributed by atoms with Crippen molar-refractivity contribution in [2.24, 2.45) is 0 Å². The molecule has 10 heteroatoms. The van der Waals surface area contributed by atoms with E-state index in [-0.39, 0.29) is 35.8 Å². The van der Waals surface area contributed by atoms with Crippen LogP contribution in [0.3, 0.4) is 0 Å². The van der Waals surface area contributed by atoms with Crippen LogP contribution in [-0.2, 0) is 26.1 Å². The molecule has 2 heterocycles. The van der Waals surface area contributed by atoms with Crippen LogP contribution >= 0.6 is 0 Å². The minimum atomic E-state index is -1.27. The summed E-state index contributed by atoms with van der Waals surface area (Å²) in [6.07, 6.45) is 7.15. The van der Waals surface area contributed by atoms with Crippen molar-refractivity contribution in [3.63, 3.8) is 0 Å². The van der Waals surface area contributed by atoms with Crippen molar-refractivity contribution in [3.05, 3.63) is 47.3 Å². The van der Waals surface area contributed by atoms with Gasteiger partial charge in [-0.1, -0.05) is 12.1 Å². The molecule has 0 saturated heterocycles. The Hall–Kier alpha value is -4.26. The first-order chi connectivity index (χ1) is 14.8. The summed E-state index contributed by atoms with van der Waals surface area (Å²) in [5, 5.41) is 0. The lowest BCUT2D eigenvalue weighted by Gasteiger charge is -2.29. The molecule has 0 aliphatic rings. The van der Waals surface area contributed by atoms with Gasteiger partial charge in [-0.15, -0.1) is 12.3 Å². The number of anilines is 2. The van der Waals surface area contributed by atoms with Crippen molar-refractivity contribution in [1.82, 2.24) is 19.9 Å². The summed E-state index contributed by atoms with van der Waals surface area (Å²) in [7, 11) is 2.56. The molecule has 158 valence electrons. The van der Waals surface area contributed by atoms with Gasteiger partial charge >= 0.3 is 11.9 Å². The van der Waals surface area contributed by atoms with Crippen LogP contribution in [0.2, 0.25) is 0 Å². The maximum atomic E-state index is 13.0. The number of benzene rings is 1. The number of nitrogens with two attached hydrogens (primary N) is 2. The van der Waals surface area contributed by atoms with E-state index in [1.54, 1.807) is 24.3 Å². The molecule has 4 N–H and O–H groups in total. The molecule has 0 spiro atoms. The molecule has 1 atom stereocenters. The second-order valence-electron chi connectivity index (χ2n) is 6.70. The van der Waals surface area contributed by atoms with E-state index < -0.39 is 17.4 Å². The van der Waals surface area contributed by atoms with Crippen LogP contribution < -0.4 is 11.5 Å². The maximum absolute atomic E-state index is 13.0. The summed E-state index contributed by atoms with van der Waals surface area (Å²) in [5.41, 5.74) is 12.0. The fraction of sp³-hybridized carbons (Fsp3) is 0.238. The number of carbonyl (C=O) groups is 2. The Morgan fingerprint density at radius 1 is 1.10 bits per heavy atom. The first-order valence-corrected chi connectivity index (χ1v) is 9.10. The van der Waals surface area contributed by atoms with Crippen molar-refractivity contribution < 1.29 is 19.1 Å². The largest absolute Gasteiger partial charge is 0.468 e. The van der Waals surface area contributed by atoms with Crippen molar-refractivity contribution >= 4 is 34.9 Å². The minimum absolute atomic E-state index is 0.0185. The summed E-state index contributed by atoms with van der Waals surface area (Å²) in [4.78, 5) is 41.3. The number of terminal acetylenes is 1. The summed E-state index contributed by atoms with van der Waals surface area (Å²) >= 11 is 0. The summed E-state index contributed by atoms with van der Waals surface area (Å²) in [6, 6.07) is 6.37. The van der Waals surface area contributed by atoms with E-state index in [0.717, 1.165) is 0 Å². The van der Waals surface area contributed by atoms with Gasteiger partial charge < -0.3 is 20.9 Å². The molecule has 31 heavy (non-hydrogen) atoms. The van der Waals surface area contributed by atoms with Gasteiger partial charge in [-0.3, -0.25) is 4.79 Å². The Balaban J connectivity index is 2.11. The van der Waals surface area contributed by atoms with Crippen LogP contribution in [0.15, 0.2) is 30.5 Å². The van der Waals surface area contributed by atoms with Gasteiger partial charge in [0.1, 0.15) is 5.41 Å². The molecule has 0 amide bonds. The standard InChI is InChI=1S/C21H20N6O4/c1-4-9-21(19(29)31-3,13-7-5-12(6-8-13)18(28)30-2)10-14-11-24-17-15(25-14)16(22)26-20(23)27-17/h1,5-8,11H,9-10H2,2-3H3,(H4,22,23,24,26,27)/t21-/m1/s1. The number of ether oxygens (including phenoxy) is 2. The molecule has 0 aliphatic carbocycles. The predicted molar refractivity (Wildman–Crippen MR) is 113 cm³/mol. The quantitative estimate of drug-likeness (QED) is 0.436. The predicted octanol–water partition coefficient (Wildman–Crippen LogP) is 1.05. The highest BCUT2D eigenvalue weighted by atomic mass is 16.5. The summed E-state index contributed by atoms with van der Waals surface area (Å²) in [6.45, 7) is 0. The molecule has 0 unspecified atom stereocenters. The van der Waals surface area contributed by atoms with Gasteiger partial charge in [0, 0.05) is 12.8 Å². The Morgan fingerprint density at radius 2 is 1.81 bits per heavy atom. The van der Waals surface area contributed by atoms with Crippen LogP contribution in [0.1, 0.15) is 28.0 Å². The third-order valence-corrected chi connectivity index (χ3v) is 4.82. The molecule has 0 radical (unpaired) electrons. The monoisotopic (exact) mass is 420 g/mol. The molecule has 0 bridgehead atoms. The topological polar surface area (TPSA) is 156 Å². The average molecular weight is 420 g/mol. The van der Waals surface area contributed by atoms with E-state index in [9.17, 15) is 9.59 Å². The summed E-state index contributed by atoms with van der Waals surface area (Å²) in [5.74, 6) is 1.54. The van der Waals surface area contributed by atoms with Crippen molar-refractivity contribution in [3.8, 4) is 12.3 Å². The maximum Gasteiger partial charge on any atom is 0.337 e. The number of aromatic nitrogens is 4. The molecule has 0 saturated carbocycles. The van der Waals surface area contributed by atoms with E-state index in [1.165, 1.54) is 20.4 Å². The van der Waals surface area contributed by atoms with Crippen LogP contribution in [0.5, 0.6) is 0 Å². The highest BCUT2D eigenvalue weighted by molar-refractivity contribution is 5.90. The fourth-order valence-electron chi connectivity index (χ4n) is 3.32. The van der Waals surface area contributed by atoms with Gasteiger partial charge in [0.2, 0.25) is 5.95 Å². The van der Waals surface area contributed by atoms with E-state index in [1.807, 2.05) is 0 Å².